The smallest absolute Gasteiger partial charge is 0.338 e. The molecule has 7 nitrogen and oxygen atoms in total. The van der Waals surface area contributed by atoms with Gasteiger partial charge in [-0.2, -0.15) is 0 Å². The SMILES string of the molecule is COC(=O)c1ccccc1SC1CC(=O)N(c2ccc(OC(C)=O)cc2)C1=O. The molecular weight excluding hydrogens is 382 g/mol. The standard InChI is InChI=1S/C20H17NO6S/c1-12(22)27-14-9-7-13(8-10-14)21-18(23)11-17(19(21)24)28-16-6-4-3-5-15(16)20(25)26-2/h3-10,17H,11H2,1-2H3. The fourth-order valence-corrected chi connectivity index (χ4v) is 3.97. The summed E-state index contributed by atoms with van der Waals surface area (Å²) >= 11 is 1.16. The number of esters is 2. The molecule has 28 heavy (non-hydrogen) atoms. The van der Waals surface area contributed by atoms with Crippen molar-refractivity contribution < 1.29 is 28.7 Å². The number of hydrogen-bond donors (Lipinski definition) is 0. The number of nitrogens with zero attached hydrogens (tertiary/aromatic N) is 1. The number of carbonyl (C=O) groups is 4. The van der Waals surface area contributed by atoms with Crippen LogP contribution in [0.2, 0.25) is 0 Å². The molecule has 1 heterocycles. The van der Waals surface area contributed by atoms with Gasteiger partial charge in [-0.3, -0.25) is 14.4 Å². The summed E-state index contributed by atoms with van der Waals surface area (Å²) in [5.74, 6) is -1.33. The molecule has 3 rings (SSSR count). The lowest BCUT2D eigenvalue weighted by molar-refractivity contribution is -0.132. The van der Waals surface area contributed by atoms with E-state index in [9.17, 15) is 19.2 Å². The highest BCUT2D eigenvalue weighted by molar-refractivity contribution is 8.00. The second kappa shape index (κ2) is 8.26. The largest absolute Gasteiger partial charge is 0.465 e. The summed E-state index contributed by atoms with van der Waals surface area (Å²) in [7, 11) is 1.29. The number of thioether (sulfide) groups is 1. The van der Waals surface area contributed by atoms with E-state index in [1.807, 2.05) is 0 Å². The van der Waals surface area contributed by atoms with E-state index in [1.165, 1.54) is 26.2 Å². The first kappa shape index (κ1) is 19.6. The molecule has 1 aliphatic rings. The van der Waals surface area contributed by atoms with Crippen molar-refractivity contribution in [2.24, 2.45) is 0 Å². The predicted molar refractivity (Wildman–Crippen MR) is 102 cm³/mol. The number of anilines is 1. The van der Waals surface area contributed by atoms with Crippen molar-refractivity contribution >= 4 is 41.2 Å². The molecule has 0 bridgehead atoms. The topological polar surface area (TPSA) is 90.0 Å². The van der Waals surface area contributed by atoms with Crippen LogP contribution in [0.3, 0.4) is 0 Å². The summed E-state index contributed by atoms with van der Waals surface area (Å²) in [6.07, 6.45) is 0.0186. The van der Waals surface area contributed by atoms with Crippen LogP contribution in [0.15, 0.2) is 53.4 Å². The third-order valence-electron chi connectivity index (χ3n) is 4.02. The molecule has 0 radical (unpaired) electrons. The van der Waals surface area contributed by atoms with Crippen molar-refractivity contribution in [1.29, 1.82) is 0 Å². The van der Waals surface area contributed by atoms with Crippen molar-refractivity contribution in [3.63, 3.8) is 0 Å². The Kier molecular flexibility index (Phi) is 5.79. The van der Waals surface area contributed by atoms with Gasteiger partial charge in [-0.1, -0.05) is 12.1 Å². The number of benzene rings is 2. The molecule has 0 saturated carbocycles. The minimum Gasteiger partial charge on any atom is -0.465 e. The average molecular weight is 399 g/mol. The Morgan fingerprint density at radius 1 is 1.07 bits per heavy atom. The van der Waals surface area contributed by atoms with Crippen LogP contribution in [0.25, 0.3) is 0 Å². The van der Waals surface area contributed by atoms with Crippen molar-refractivity contribution in [2.45, 2.75) is 23.5 Å². The highest BCUT2D eigenvalue weighted by atomic mass is 32.2. The molecule has 8 heteroatoms. The normalized spacial score (nSPS) is 16.2. The van der Waals surface area contributed by atoms with E-state index in [4.69, 9.17) is 9.47 Å². The summed E-state index contributed by atoms with van der Waals surface area (Å²) in [6, 6.07) is 12.9. The predicted octanol–water partition coefficient (Wildman–Crippen LogP) is 2.82. The van der Waals surface area contributed by atoms with Gasteiger partial charge >= 0.3 is 11.9 Å². The highest BCUT2D eigenvalue weighted by Crippen LogP contribution is 2.36. The number of rotatable bonds is 5. The molecule has 2 aromatic rings. The zero-order chi connectivity index (χ0) is 20.3. The number of methoxy groups -OCH3 is 1. The van der Waals surface area contributed by atoms with Crippen molar-refractivity contribution in [2.75, 3.05) is 12.0 Å². The van der Waals surface area contributed by atoms with Gasteiger partial charge in [-0.15, -0.1) is 11.8 Å². The molecule has 1 saturated heterocycles. The quantitative estimate of drug-likeness (QED) is 0.434. The van der Waals surface area contributed by atoms with Gasteiger partial charge in [0.25, 0.3) is 0 Å². The molecule has 1 aliphatic heterocycles. The molecule has 0 aromatic heterocycles. The van der Waals surface area contributed by atoms with Crippen LogP contribution in [0, 0.1) is 0 Å². The number of carbonyl (C=O) groups excluding carboxylic acids is 4. The fourth-order valence-electron chi connectivity index (χ4n) is 2.80. The molecule has 0 aliphatic carbocycles. The Labute approximate surface area is 165 Å². The zero-order valence-corrected chi connectivity index (χ0v) is 16.0. The van der Waals surface area contributed by atoms with E-state index in [0.29, 0.717) is 21.9 Å². The van der Waals surface area contributed by atoms with Crippen LogP contribution in [0.1, 0.15) is 23.7 Å². The first-order valence-electron chi connectivity index (χ1n) is 8.40. The highest BCUT2D eigenvalue weighted by Gasteiger charge is 2.40. The van der Waals surface area contributed by atoms with Crippen LogP contribution < -0.4 is 9.64 Å². The molecular formula is C20H17NO6S. The lowest BCUT2D eigenvalue weighted by Crippen LogP contribution is -2.31. The van der Waals surface area contributed by atoms with Gasteiger partial charge in [-0.05, 0) is 36.4 Å². The monoisotopic (exact) mass is 399 g/mol. The summed E-state index contributed by atoms with van der Waals surface area (Å²) in [6.45, 7) is 1.29. The summed E-state index contributed by atoms with van der Waals surface area (Å²) in [5, 5.41) is -0.647. The van der Waals surface area contributed by atoms with Gasteiger partial charge < -0.3 is 9.47 Å². The van der Waals surface area contributed by atoms with Crippen molar-refractivity contribution in [3.05, 3.63) is 54.1 Å². The van der Waals surface area contributed by atoms with Gasteiger partial charge in [0.15, 0.2) is 0 Å². The maximum absolute atomic E-state index is 12.8. The van der Waals surface area contributed by atoms with E-state index in [-0.39, 0.29) is 18.2 Å². The first-order chi connectivity index (χ1) is 13.4. The lowest BCUT2D eigenvalue weighted by atomic mass is 10.2. The molecule has 2 amide bonds. The Balaban J connectivity index is 1.79. The van der Waals surface area contributed by atoms with Gasteiger partial charge in [0.1, 0.15) is 5.75 Å². The third-order valence-corrected chi connectivity index (χ3v) is 5.29. The Bertz CT molecular complexity index is 940. The number of ether oxygens (including phenoxy) is 2. The molecule has 1 fully saturated rings. The summed E-state index contributed by atoms with van der Waals surface area (Å²) in [5.41, 5.74) is 0.745. The van der Waals surface area contributed by atoms with Gasteiger partial charge in [0, 0.05) is 18.2 Å². The fraction of sp³-hybridized carbons (Fsp3) is 0.200. The summed E-state index contributed by atoms with van der Waals surface area (Å²) < 4.78 is 9.72. The van der Waals surface area contributed by atoms with E-state index < -0.39 is 17.2 Å². The van der Waals surface area contributed by atoms with E-state index >= 15 is 0 Å². The second-order valence-electron chi connectivity index (χ2n) is 5.95. The van der Waals surface area contributed by atoms with Crippen LogP contribution in [-0.4, -0.2) is 36.1 Å². The second-order valence-corrected chi connectivity index (χ2v) is 7.20. The van der Waals surface area contributed by atoms with Crippen LogP contribution in [0.4, 0.5) is 5.69 Å². The van der Waals surface area contributed by atoms with Crippen LogP contribution in [0.5, 0.6) is 5.75 Å². The molecule has 0 N–H and O–H groups in total. The van der Waals surface area contributed by atoms with E-state index in [2.05, 4.69) is 0 Å². The number of hydrogen-bond acceptors (Lipinski definition) is 7. The maximum atomic E-state index is 12.8. The lowest BCUT2D eigenvalue weighted by Gasteiger charge is -2.16. The minimum absolute atomic E-state index is 0.0186. The molecule has 1 atom stereocenters. The van der Waals surface area contributed by atoms with Gasteiger partial charge in [0.2, 0.25) is 11.8 Å². The van der Waals surface area contributed by atoms with Gasteiger partial charge in [-0.25, -0.2) is 9.69 Å². The van der Waals surface area contributed by atoms with E-state index in [0.717, 1.165) is 16.7 Å². The van der Waals surface area contributed by atoms with E-state index in [1.54, 1.807) is 36.4 Å². The van der Waals surface area contributed by atoms with Crippen LogP contribution in [-0.2, 0) is 19.1 Å². The van der Waals surface area contributed by atoms with Gasteiger partial charge in [0.05, 0.1) is 23.6 Å². The maximum Gasteiger partial charge on any atom is 0.338 e. The average Bonchev–Trinajstić information content (AvgIpc) is 2.95. The molecule has 2 aromatic carbocycles. The minimum atomic E-state index is -0.647. The van der Waals surface area contributed by atoms with Crippen molar-refractivity contribution in [1.82, 2.24) is 0 Å². The molecule has 0 spiro atoms. The summed E-state index contributed by atoms with van der Waals surface area (Å²) in [4.78, 5) is 49.8. The first-order valence-corrected chi connectivity index (χ1v) is 9.28. The number of imide groups is 1. The third kappa shape index (κ3) is 4.07. The van der Waals surface area contributed by atoms with Crippen molar-refractivity contribution in [3.8, 4) is 5.75 Å². The zero-order valence-electron chi connectivity index (χ0n) is 15.2. The molecule has 1 unspecified atom stereocenters. The number of amides is 2. The Morgan fingerprint density at radius 2 is 1.75 bits per heavy atom. The molecule has 144 valence electrons. The Hall–Kier alpha value is -3.13. The Morgan fingerprint density at radius 3 is 2.39 bits per heavy atom. The van der Waals surface area contributed by atoms with Crippen LogP contribution >= 0.6 is 11.8 Å².